The molecule has 1 aromatic rings. The van der Waals surface area contributed by atoms with Gasteiger partial charge in [0.2, 0.25) is 0 Å². The second-order valence-corrected chi connectivity index (χ2v) is 8.20. The average Bonchev–Trinajstić information content (AvgIpc) is 2.74. The smallest absolute Gasteiger partial charge is 0.338 e. The summed E-state index contributed by atoms with van der Waals surface area (Å²) in [5, 5.41) is 6.31. The number of nitrogens with one attached hydrogen (secondary N) is 2. The van der Waals surface area contributed by atoms with E-state index in [1.54, 1.807) is 19.1 Å². The van der Waals surface area contributed by atoms with Gasteiger partial charge in [-0.15, -0.1) is 0 Å². The van der Waals surface area contributed by atoms with Gasteiger partial charge in [-0.2, -0.15) is 0 Å². The highest BCUT2D eigenvalue weighted by Gasteiger charge is 2.34. The predicted molar refractivity (Wildman–Crippen MR) is 117 cm³/mol. The molecule has 30 heavy (non-hydrogen) atoms. The molecule has 1 saturated heterocycles. The molecule has 0 bridgehead atoms. The minimum atomic E-state index is -0.577. The summed E-state index contributed by atoms with van der Waals surface area (Å²) in [7, 11) is 0. The number of hydrogen-bond donors (Lipinski definition) is 2. The van der Waals surface area contributed by atoms with E-state index in [1.807, 2.05) is 12.1 Å². The van der Waals surface area contributed by atoms with Crippen molar-refractivity contribution in [1.29, 1.82) is 0 Å². The summed E-state index contributed by atoms with van der Waals surface area (Å²) in [6.07, 6.45) is 1.13. The third-order valence-corrected chi connectivity index (χ3v) is 6.11. The van der Waals surface area contributed by atoms with E-state index in [4.69, 9.17) is 16.3 Å². The van der Waals surface area contributed by atoms with Crippen LogP contribution in [-0.2, 0) is 9.53 Å². The Hall–Kier alpha value is -2.09. The van der Waals surface area contributed by atoms with Crippen molar-refractivity contribution in [1.82, 2.24) is 20.4 Å². The summed E-state index contributed by atoms with van der Waals surface area (Å²) >= 11 is 6.02. The van der Waals surface area contributed by atoms with Crippen molar-refractivity contribution in [2.45, 2.75) is 39.3 Å². The van der Waals surface area contributed by atoms with E-state index in [2.05, 4.69) is 34.3 Å². The van der Waals surface area contributed by atoms with Crippen LogP contribution in [0.1, 0.15) is 38.8 Å². The maximum atomic E-state index is 12.9. The molecule has 164 valence electrons. The zero-order valence-electron chi connectivity index (χ0n) is 17.9. The molecule has 2 unspecified atom stereocenters. The van der Waals surface area contributed by atoms with Crippen LogP contribution in [0.15, 0.2) is 35.5 Å². The van der Waals surface area contributed by atoms with Crippen LogP contribution in [0.2, 0.25) is 5.02 Å². The summed E-state index contributed by atoms with van der Waals surface area (Å²) in [6, 6.07) is 6.81. The van der Waals surface area contributed by atoms with Crippen LogP contribution in [0, 0.1) is 0 Å². The number of hydrogen-bond acceptors (Lipinski definition) is 5. The highest BCUT2D eigenvalue weighted by atomic mass is 35.5. The molecule has 2 heterocycles. The van der Waals surface area contributed by atoms with E-state index in [1.165, 1.54) is 0 Å². The van der Waals surface area contributed by atoms with Crippen LogP contribution in [0.3, 0.4) is 0 Å². The highest BCUT2D eigenvalue weighted by Crippen LogP contribution is 2.29. The molecular weight excluding hydrogens is 404 g/mol. The number of nitrogens with zero attached hydrogens (tertiary/aromatic N) is 2. The van der Waals surface area contributed by atoms with Gasteiger partial charge in [0.25, 0.3) is 0 Å². The van der Waals surface area contributed by atoms with Gasteiger partial charge in [0, 0.05) is 49.5 Å². The van der Waals surface area contributed by atoms with Crippen LogP contribution in [0.25, 0.3) is 0 Å². The Bertz CT molecular complexity index is 788. The first-order valence-electron chi connectivity index (χ1n) is 10.6. The third-order valence-electron chi connectivity index (χ3n) is 5.86. The van der Waals surface area contributed by atoms with E-state index < -0.39 is 12.0 Å². The Morgan fingerprint density at radius 1 is 1.20 bits per heavy atom. The number of ether oxygens (including phenoxy) is 1. The highest BCUT2D eigenvalue weighted by molar-refractivity contribution is 6.30. The van der Waals surface area contributed by atoms with Crippen molar-refractivity contribution >= 4 is 23.6 Å². The first kappa shape index (κ1) is 22.6. The first-order chi connectivity index (χ1) is 14.4. The molecule has 3 rings (SSSR count). The van der Waals surface area contributed by atoms with E-state index in [0.717, 1.165) is 38.2 Å². The van der Waals surface area contributed by atoms with Crippen LogP contribution in [0.5, 0.6) is 0 Å². The van der Waals surface area contributed by atoms with E-state index in [9.17, 15) is 9.59 Å². The number of urea groups is 1. The molecule has 1 aromatic carbocycles. The number of esters is 1. The van der Waals surface area contributed by atoms with Crippen LogP contribution in [0.4, 0.5) is 4.79 Å². The maximum absolute atomic E-state index is 12.9. The molecular formula is C22H31ClN4O3. The Morgan fingerprint density at radius 2 is 1.87 bits per heavy atom. The van der Waals surface area contributed by atoms with Gasteiger partial charge in [0.05, 0.1) is 18.2 Å². The van der Waals surface area contributed by atoms with Gasteiger partial charge in [-0.25, -0.2) is 9.59 Å². The lowest BCUT2D eigenvalue weighted by Crippen LogP contribution is -2.53. The molecule has 0 spiro atoms. The fraction of sp³-hybridized carbons (Fsp3) is 0.545. The lowest BCUT2D eigenvalue weighted by atomic mass is 9.95. The molecule has 1 fully saturated rings. The first-order valence-corrected chi connectivity index (χ1v) is 11.0. The van der Waals surface area contributed by atoms with Gasteiger partial charge < -0.3 is 15.4 Å². The molecule has 2 aliphatic heterocycles. The maximum Gasteiger partial charge on any atom is 0.338 e. The molecule has 2 aliphatic rings. The summed E-state index contributed by atoms with van der Waals surface area (Å²) in [5.41, 5.74) is 1.84. The van der Waals surface area contributed by atoms with Crippen molar-refractivity contribution in [3.05, 3.63) is 46.1 Å². The van der Waals surface area contributed by atoms with Crippen molar-refractivity contribution in [3.8, 4) is 0 Å². The Labute approximate surface area is 183 Å². The van der Waals surface area contributed by atoms with E-state index in [-0.39, 0.29) is 12.6 Å². The number of rotatable bonds is 7. The molecule has 8 heteroatoms. The zero-order valence-corrected chi connectivity index (χ0v) is 18.7. The van der Waals surface area contributed by atoms with Crippen molar-refractivity contribution < 1.29 is 14.3 Å². The van der Waals surface area contributed by atoms with E-state index in [0.29, 0.717) is 28.9 Å². The van der Waals surface area contributed by atoms with Gasteiger partial charge in [0.15, 0.2) is 0 Å². The van der Waals surface area contributed by atoms with Crippen LogP contribution < -0.4 is 10.6 Å². The van der Waals surface area contributed by atoms with Gasteiger partial charge in [-0.3, -0.25) is 9.80 Å². The summed E-state index contributed by atoms with van der Waals surface area (Å²) in [4.78, 5) is 30.0. The molecule has 7 nitrogen and oxygen atoms in total. The monoisotopic (exact) mass is 434 g/mol. The third kappa shape index (κ3) is 5.33. The van der Waals surface area contributed by atoms with Crippen LogP contribution in [-0.4, -0.2) is 67.2 Å². The van der Waals surface area contributed by atoms with E-state index >= 15 is 0 Å². The largest absolute Gasteiger partial charge is 0.463 e. The van der Waals surface area contributed by atoms with Gasteiger partial charge in [-0.1, -0.05) is 30.7 Å². The minimum Gasteiger partial charge on any atom is -0.463 e. The van der Waals surface area contributed by atoms with Gasteiger partial charge in [-0.05, 0) is 38.0 Å². The molecule has 2 N–H and O–H groups in total. The quantitative estimate of drug-likeness (QED) is 0.645. The van der Waals surface area contributed by atoms with Crippen molar-refractivity contribution in [3.63, 3.8) is 0 Å². The number of carbonyl (C=O) groups is 2. The predicted octanol–water partition coefficient (Wildman–Crippen LogP) is 2.93. The van der Waals surface area contributed by atoms with Gasteiger partial charge in [0.1, 0.15) is 0 Å². The molecule has 2 amide bonds. The normalized spacial score (nSPS) is 21.7. The summed E-state index contributed by atoms with van der Waals surface area (Å²) in [6.45, 7) is 10.7. The number of carbonyl (C=O) groups excluding carboxylic acids is 2. The minimum absolute atomic E-state index is 0.268. The molecule has 0 aromatic heterocycles. The molecule has 0 saturated carbocycles. The molecule has 2 atom stereocenters. The second-order valence-electron chi connectivity index (χ2n) is 7.77. The zero-order chi connectivity index (χ0) is 21.7. The lowest BCUT2D eigenvalue weighted by Gasteiger charge is -2.39. The standard InChI is InChI=1S/C22H31ClN4O3/c1-4-15(3)27-12-10-26(11-13-27)14-18-19(21(28)30-5-2)20(25-22(29)24-18)16-6-8-17(23)9-7-16/h6-9,15,20H,4-5,10-14H2,1-3H3,(H2,24,25,29). The van der Waals surface area contributed by atoms with Crippen LogP contribution >= 0.6 is 11.6 Å². The van der Waals surface area contributed by atoms with Crippen molar-refractivity contribution in [2.24, 2.45) is 0 Å². The SMILES string of the molecule is CCOC(=O)C1=C(CN2CCN(C(C)CC)CC2)NC(=O)NC1c1ccc(Cl)cc1. The number of halogens is 1. The Balaban J connectivity index is 1.85. The molecule has 0 radical (unpaired) electrons. The summed E-state index contributed by atoms with van der Waals surface area (Å²) < 4.78 is 5.33. The summed E-state index contributed by atoms with van der Waals surface area (Å²) in [5.74, 6) is -0.418. The Morgan fingerprint density at radius 3 is 2.47 bits per heavy atom. The number of amides is 2. The molecule has 0 aliphatic carbocycles. The fourth-order valence-electron chi connectivity index (χ4n) is 3.94. The Kier molecular flexibility index (Phi) is 7.75. The lowest BCUT2D eigenvalue weighted by molar-refractivity contribution is -0.139. The number of piperazine rings is 1. The second kappa shape index (κ2) is 10.3. The average molecular weight is 435 g/mol. The fourth-order valence-corrected chi connectivity index (χ4v) is 4.07. The van der Waals surface area contributed by atoms with Crippen molar-refractivity contribution in [2.75, 3.05) is 39.3 Å². The topological polar surface area (TPSA) is 73.9 Å². The number of benzene rings is 1. The van der Waals surface area contributed by atoms with Gasteiger partial charge >= 0.3 is 12.0 Å².